The van der Waals surface area contributed by atoms with Gasteiger partial charge in [0.25, 0.3) is 5.91 Å². The van der Waals surface area contributed by atoms with E-state index < -0.39 is 0 Å². The fraction of sp³-hybridized carbons (Fsp3) is 0.333. The topological polar surface area (TPSA) is 47.9 Å². The van der Waals surface area contributed by atoms with E-state index in [0.717, 1.165) is 48.9 Å². The van der Waals surface area contributed by atoms with Gasteiger partial charge in [-0.15, -0.1) is 0 Å². The Morgan fingerprint density at radius 1 is 1.11 bits per heavy atom. The first-order chi connectivity index (χ1) is 13.1. The van der Waals surface area contributed by atoms with Crippen LogP contribution >= 0.6 is 11.6 Å². The number of benzene rings is 2. The molecule has 1 N–H and O–H groups in total. The van der Waals surface area contributed by atoms with Crippen LogP contribution in [0.2, 0.25) is 5.02 Å². The van der Waals surface area contributed by atoms with Crippen LogP contribution in [0.25, 0.3) is 0 Å². The molecule has 1 heterocycles. The molecule has 1 amide bonds. The third kappa shape index (κ3) is 6.17. The van der Waals surface area contributed by atoms with Crippen LogP contribution in [0.1, 0.15) is 16.7 Å². The Hall–Kier alpha value is -2.21. The van der Waals surface area contributed by atoms with E-state index in [4.69, 9.17) is 11.6 Å². The average Bonchev–Trinajstić information content (AvgIpc) is 2.65. The van der Waals surface area contributed by atoms with Crippen LogP contribution in [-0.2, 0) is 11.3 Å². The fourth-order valence-corrected chi connectivity index (χ4v) is 3.34. The second-order valence-electron chi connectivity index (χ2n) is 6.85. The van der Waals surface area contributed by atoms with E-state index in [9.17, 15) is 4.79 Å². The molecular formula is C21H25ClN4O. The summed E-state index contributed by atoms with van der Waals surface area (Å²) in [6.45, 7) is 6.81. The molecule has 0 spiro atoms. The summed E-state index contributed by atoms with van der Waals surface area (Å²) in [4.78, 5) is 16.6. The predicted molar refractivity (Wildman–Crippen MR) is 110 cm³/mol. The van der Waals surface area contributed by atoms with Crippen LogP contribution in [0.5, 0.6) is 0 Å². The van der Waals surface area contributed by atoms with Crippen molar-refractivity contribution in [2.45, 2.75) is 13.5 Å². The minimum Gasteiger partial charge on any atom is -0.296 e. The number of carbonyl (C=O) groups is 1. The second-order valence-corrected chi connectivity index (χ2v) is 7.26. The zero-order chi connectivity index (χ0) is 19.1. The van der Waals surface area contributed by atoms with Crippen LogP contribution < -0.4 is 5.43 Å². The maximum atomic E-state index is 12.1. The SMILES string of the molecule is Cc1cccc(/C=N\NC(=O)CN2CCN(Cc3ccccc3Cl)CC2)c1. The standard InChI is InChI=1S/C21H25ClN4O/c1-17-5-4-6-18(13-17)14-23-24-21(27)16-26-11-9-25(10-12-26)15-19-7-2-3-8-20(19)22/h2-8,13-14H,9-12,15-16H2,1H3,(H,24,27)/b23-14-. The zero-order valence-corrected chi connectivity index (χ0v) is 16.3. The molecule has 5 nitrogen and oxygen atoms in total. The maximum Gasteiger partial charge on any atom is 0.254 e. The highest BCUT2D eigenvalue weighted by Crippen LogP contribution is 2.17. The lowest BCUT2D eigenvalue weighted by Gasteiger charge is -2.34. The minimum absolute atomic E-state index is 0.0848. The van der Waals surface area contributed by atoms with Crippen LogP contribution in [0.15, 0.2) is 53.6 Å². The predicted octanol–water partition coefficient (Wildman–Crippen LogP) is 2.92. The van der Waals surface area contributed by atoms with Crippen LogP contribution in [-0.4, -0.2) is 54.6 Å². The number of hydrogen-bond acceptors (Lipinski definition) is 4. The van der Waals surface area contributed by atoms with E-state index in [-0.39, 0.29) is 5.91 Å². The van der Waals surface area contributed by atoms with E-state index in [1.807, 2.05) is 49.4 Å². The Bertz CT molecular complexity index is 800. The van der Waals surface area contributed by atoms with E-state index in [0.29, 0.717) is 6.54 Å². The number of piperazine rings is 1. The van der Waals surface area contributed by atoms with Crippen molar-refractivity contribution in [1.82, 2.24) is 15.2 Å². The van der Waals surface area contributed by atoms with Crippen molar-refractivity contribution in [2.24, 2.45) is 5.10 Å². The summed E-state index contributed by atoms with van der Waals surface area (Å²) in [7, 11) is 0. The average molecular weight is 385 g/mol. The molecule has 3 rings (SSSR count). The fourth-order valence-electron chi connectivity index (χ4n) is 3.14. The molecule has 2 aromatic carbocycles. The minimum atomic E-state index is -0.0848. The van der Waals surface area contributed by atoms with Crippen LogP contribution in [0, 0.1) is 6.92 Å². The molecule has 0 aliphatic carbocycles. The van der Waals surface area contributed by atoms with Gasteiger partial charge in [0.15, 0.2) is 0 Å². The number of aryl methyl sites for hydroxylation is 1. The molecule has 27 heavy (non-hydrogen) atoms. The summed E-state index contributed by atoms with van der Waals surface area (Å²) in [5.41, 5.74) is 5.91. The molecule has 6 heteroatoms. The molecule has 0 bridgehead atoms. The molecule has 0 atom stereocenters. The summed E-state index contributed by atoms with van der Waals surface area (Å²) in [5, 5.41) is 4.86. The highest BCUT2D eigenvalue weighted by molar-refractivity contribution is 6.31. The van der Waals surface area contributed by atoms with Crippen molar-refractivity contribution >= 4 is 23.7 Å². The first-order valence-corrected chi connectivity index (χ1v) is 9.54. The summed E-state index contributed by atoms with van der Waals surface area (Å²) in [6.07, 6.45) is 1.67. The normalized spacial score (nSPS) is 15.9. The van der Waals surface area contributed by atoms with E-state index in [2.05, 4.69) is 26.4 Å². The molecule has 0 aromatic heterocycles. The largest absolute Gasteiger partial charge is 0.296 e. The van der Waals surface area contributed by atoms with Gasteiger partial charge in [-0.05, 0) is 24.1 Å². The number of halogens is 1. The Morgan fingerprint density at radius 2 is 1.85 bits per heavy atom. The highest BCUT2D eigenvalue weighted by Gasteiger charge is 2.19. The number of amides is 1. The first kappa shape index (κ1) is 19.5. The molecule has 2 aromatic rings. The van der Waals surface area contributed by atoms with Crippen molar-refractivity contribution in [2.75, 3.05) is 32.7 Å². The van der Waals surface area contributed by atoms with E-state index in [1.165, 1.54) is 5.56 Å². The van der Waals surface area contributed by atoms with Crippen molar-refractivity contribution in [1.29, 1.82) is 0 Å². The maximum absolute atomic E-state index is 12.1. The van der Waals surface area contributed by atoms with Gasteiger partial charge in [-0.25, -0.2) is 5.43 Å². The molecule has 1 saturated heterocycles. The van der Waals surface area contributed by atoms with Gasteiger partial charge in [0, 0.05) is 37.7 Å². The zero-order valence-electron chi connectivity index (χ0n) is 15.6. The second kappa shape index (κ2) is 9.65. The molecular weight excluding hydrogens is 360 g/mol. The van der Waals surface area contributed by atoms with E-state index in [1.54, 1.807) is 6.21 Å². The molecule has 142 valence electrons. The highest BCUT2D eigenvalue weighted by atomic mass is 35.5. The third-order valence-electron chi connectivity index (χ3n) is 4.63. The van der Waals surface area contributed by atoms with Gasteiger partial charge >= 0.3 is 0 Å². The summed E-state index contributed by atoms with van der Waals surface area (Å²) < 4.78 is 0. The Kier molecular flexibility index (Phi) is 6.98. The monoisotopic (exact) mass is 384 g/mol. The van der Waals surface area contributed by atoms with Gasteiger partial charge in [-0.1, -0.05) is 59.6 Å². The van der Waals surface area contributed by atoms with Gasteiger partial charge in [0.05, 0.1) is 12.8 Å². The van der Waals surface area contributed by atoms with Gasteiger partial charge in [-0.2, -0.15) is 5.10 Å². The van der Waals surface area contributed by atoms with Gasteiger partial charge in [0.2, 0.25) is 0 Å². The first-order valence-electron chi connectivity index (χ1n) is 9.17. The van der Waals surface area contributed by atoms with Crippen molar-refractivity contribution in [3.05, 3.63) is 70.2 Å². The Balaban J connectivity index is 1.39. The Morgan fingerprint density at radius 3 is 2.59 bits per heavy atom. The number of nitrogens with one attached hydrogen (secondary N) is 1. The summed E-state index contributed by atoms with van der Waals surface area (Å²) in [6, 6.07) is 15.9. The van der Waals surface area contributed by atoms with E-state index >= 15 is 0 Å². The van der Waals surface area contributed by atoms with Gasteiger partial charge < -0.3 is 0 Å². The smallest absolute Gasteiger partial charge is 0.254 e. The van der Waals surface area contributed by atoms with Gasteiger partial charge in [0.1, 0.15) is 0 Å². The van der Waals surface area contributed by atoms with Crippen molar-refractivity contribution in [3.63, 3.8) is 0 Å². The quantitative estimate of drug-likeness (QED) is 0.615. The van der Waals surface area contributed by atoms with Crippen LogP contribution in [0.3, 0.4) is 0 Å². The van der Waals surface area contributed by atoms with Crippen LogP contribution in [0.4, 0.5) is 0 Å². The molecule has 0 saturated carbocycles. The lowest BCUT2D eigenvalue weighted by atomic mass is 10.2. The molecule has 0 radical (unpaired) electrons. The van der Waals surface area contributed by atoms with Crippen molar-refractivity contribution < 1.29 is 4.79 Å². The summed E-state index contributed by atoms with van der Waals surface area (Å²) >= 11 is 6.24. The molecule has 1 fully saturated rings. The third-order valence-corrected chi connectivity index (χ3v) is 5.00. The Labute approximate surface area is 165 Å². The number of hydrazone groups is 1. The number of hydrogen-bond donors (Lipinski definition) is 1. The lowest BCUT2D eigenvalue weighted by molar-refractivity contribution is -0.122. The lowest BCUT2D eigenvalue weighted by Crippen LogP contribution is -2.48. The number of carbonyl (C=O) groups excluding carboxylic acids is 1. The number of rotatable bonds is 6. The molecule has 1 aliphatic rings. The van der Waals surface area contributed by atoms with Gasteiger partial charge in [-0.3, -0.25) is 14.6 Å². The summed E-state index contributed by atoms with van der Waals surface area (Å²) in [5.74, 6) is -0.0848. The number of nitrogens with zero attached hydrogens (tertiary/aromatic N) is 3. The molecule has 0 unspecified atom stereocenters. The molecule has 1 aliphatic heterocycles. The van der Waals surface area contributed by atoms with Crippen molar-refractivity contribution in [3.8, 4) is 0 Å².